The van der Waals surface area contributed by atoms with Crippen LogP contribution in [-0.4, -0.2) is 23.1 Å². The average molecular weight is 366 g/mol. The molecule has 2 aromatic carbocycles. The summed E-state index contributed by atoms with van der Waals surface area (Å²) in [6.45, 7) is 1.73. The van der Waals surface area contributed by atoms with E-state index in [9.17, 15) is 14.4 Å². The Kier molecular flexibility index (Phi) is 5.21. The molecule has 0 radical (unpaired) electrons. The van der Waals surface area contributed by atoms with Crippen LogP contribution in [0.2, 0.25) is 0 Å². The lowest BCUT2D eigenvalue weighted by molar-refractivity contribution is -0.140. The third-order valence-electron chi connectivity index (χ3n) is 4.19. The van der Waals surface area contributed by atoms with Gasteiger partial charge in [0.15, 0.2) is 0 Å². The predicted octanol–water partition coefficient (Wildman–Crippen LogP) is 2.76. The molecule has 0 saturated heterocycles. The quantitative estimate of drug-likeness (QED) is 0.706. The van der Waals surface area contributed by atoms with E-state index in [4.69, 9.17) is 9.84 Å². The van der Waals surface area contributed by atoms with Gasteiger partial charge in [-0.2, -0.15) is 0 Å². The SMILES string of the molecule is CC1=C(C(=O)OCc2ccccc2)C(c2ccc(C(=O)O)cc2)NC(=O)N1. The van der Waals surface area contributed by atoms with Crippen molar-refractivity contribution in [3.63, 3.8) is 0 Å². The van der Waals surface area contributed by atoms with E-state index in [-0.39, 0.29) is 17.7 Å². The molecule has 7 nitrogen and oxygen atoms in total. The summed E-state index contributed by atoms with van der Waals surface area (Å²) in [5.74, 6) is -1.61. The van der Waals surface area contributed by atoms with Gasteiger partial charge in [0.25, 0.3) is 0 Å². The molecule has 0 aliphatic carbocycles. The first-order valence-electron chi connectivity index (χ1n) is 8.28. The van der Waals surface area contributed by atoms with Crippen LogP contribution >= 0.6 is 0 Å². The zero-order valence-corrected chi connectivity index (χ0v) is 14.6. The number of ether oxygens (including phenoxy) is 1. The smallest absolute Gasteiger partial charge is 0.338 e. The van der Waals surface area contributed by atoms with Crippen molar-refractivity contribution in [3.8, 4) is 0 Å². The molecule has 1 aliphatic rings. The van der Waals surface area contributed by atoms with Crippen molar-refractivity contribution < 1.29 is 24.2 Å². The molecule has 3 rings (SSSR count). The Morgan fingerprint density at radius 3 is 2.37 bits per heavy atom. The third-order valence-corrected chi connectivity index (χ3v) is 4.19. The van der Waals surface area contributed by atoms with Gasteiger partial charge in [-0.05, 0) is 30.2 Å². The first-order chi connectivity index (χ1) is 13.0. The van der Waals surface area contributed by atoms with Crippen LogP contribution in [0.3, 0.4) is 0 Å². The van der Waals surface area contributed by atoms with Gasteiger partial charge in [-0.15, -0.1) is 0 Å². The van der Waals surface area contributed by atoms with E-state index in [1.165, 1.54) is 12.1 Å². The predicted molar refractivity (Wildman–Crippen MR) is 96.7 cm³/mol. The Hall–Kier alpha value is -3.61. The number of nitrogens with one attached hydrogen (secondary N) is 2. The lowest BCUT2D eigenvalue weighted by Crippen LogP contribution is -2.45. The minimum atomic E-state index is -1.05. The van der Waals surface area contributed by atoms with Crippen molar-refractivity contribution in [1.82, 2.24) is 10.6 Å². The normalized spacial score (nSPS) is 16.3. The van der Waals surface area contributed by atoms with E-state index >= 15 is 0 Å². The van der Waals surface area contributed by atoms with Crippen molar-refractivity contribution in [2.75, 3.05) is 0 Å². The van der Waals surface area contributed by atoms with E-state index in [1.807, 2.05) is 30.3 Å². The van der Waals surface area contributed by atoms with Crippen LogP contribution in [0.5, 0.6) is 0 Å². The standard InChI is InChI=1S/C20H18N2O5/c1-12-16(19(25)27-11-13-5-3-2-4-6-13)17(22-20(26)21-12)14-7-9-15(10-8-14)18(23)24/h2-10,17H,11H2,1H3,(H,23,24)(H2,21,22,26). The molecule has 0 saturated carbocycles. The Labute approximate surface area is 155 Å². The second-order valence-electron chi connectivity index (χ2n) is 6.06. The molecule has 3 N–H and O–H groups in total. The molecule has 1 atom stereocenters. The molecule has 138 valence electrons. The zero-order chi connectivity index (χ0) is 19.4. The van der Waals surface area contributed by atoms with Gasteiger partial charge in [-0.1, -0.05) is 42.5 Å². The number of esters is 1. The summed E-state index contributed by atoms with van der Waals surface area (Å²) < 4.78 is 5.40. The lowest BCUT2D eigenvalue weighted by Gasteiger charge is -2.28. The number of hydrogen-bond donors (Lipinski definition) is 3. The minimum absolute atomic E-state index is 0.106. The van der Waals surface area contributed by atoms with Gasteiger partial charge in [0, 0.05) is 5.70 Å². The fraction of sp³-hybridized carbons (Fsp3) is 0.150. The molecule has 27 heavy (non-hydrogen) atoms. The Morgan fingerprint density at radius 2 is 1.74 bits per heavy atom. The molecule has 0 fully saturated rings. The summed E-state index contributed by atoms with van der Waals surface area (Å²) in [5.41, 5.74) is 2.21. The highest BCUT2D eigenvalue weighted by Gasteiger charge is 2.32. The van der Waals surface area contributed by atoms with Crippen molar-refractivity contribution in [2.24, 2.45) is 0 Å². The van der Waals surface area contributed by atoms with Crippen molar-refractivity contribution in [2.45, 2.75) is 19.6 Å². The zero-order valence-electron chi connectivity index (χ0n) is 14.6. The summed E-state index contributed by atoms with van der Waals surface area (Å²) in [4.78, 5) is 35.6. The number of urea groups is 1. The maximum Gasteiger partial charge on any atom is 0.338 e. The molecule has 0 bridgehead atoms. The second kappa shape index (κ2) is 7.74. The Bertz CT molecular complexity index is 904. The molecule has 1 aliphatic heterocycles. The van der Waals surface area contributed by atoms with Gasteiger partial charge >= 0.3 is 18.0 Å². The van der Waals surface area contributed by atoms with Gasteiger partial charge in [0.2, 0.25) is 0 Å². The highest BCUT2D eigenvalue weighted by Crippen LogP contribution is 2.28. The van der Waals surface area contributed by atoms with Crippen LogP contribution in [0.4, 0.5) is 4.79 Å². The van der Waals surface area contributed by atoms with Crippen molar-refractivity contribution >= 4 is 18.0 Å². The number of carbonyl (C=O) groups excluding carboxylic acids is 2. The molecular weight excluding hydrogens is 348 g/mol. The fourth-order valence-electron chi connectivity index (χ4n) is 2.83. The number of carbonyl (C=O) groups is 3. The van der Waals surface area contributed by atoms with Crippen LogP contribution in [0.25, 0.3) is 0 Å². The molecule has 2 aromatic rings. The first-order valence-corrected chi connectivity index (χ1v) is 8.28. The highest BCUT2D eigenvalue weighted by molar-refractivity contribution is 5.95. The largest absolute Gasteiger partial charge is 0.478 e. The van der Waals surface area contributed by atoms with E-state index in [0.717, 1.165) is 5.56 Å². The average Bonchev–Trinajstić information content (AvgIpc) is 2.66. The van der Waals surface area contributed by atoms with Crippen LogP contribution in [0.15, 0.2) is 65.9 Å². The van der Waals surface area contributed by atoms with Gasteiger partial charge in [-0.25, -0.2) is 14.4 Å². The van der Waals surface area contributed by atoms with E-state index in [0.29, 0.717) is 11.3 Å². The monoisotopic (exact) mass is 366 g/mol. The third kappa shape index (κ3) is 4.14. The van der Waals surface area contributed by atoms with Gasteiger partial charge in [0.1, 0.15) is 6.61 Å². The summed E-state index contributed by atoms with van der Waals surface area (Å²) in [5, 5.41) is 14.3. The molecule has 1 unspecified atom stereocenters. The van der Waals surface area contributed by atoms with E-state index < -0.39 is 24.0 Å². The van der Waals surface area contributed by atoms with E-state index in [1.54, 1.807) is 19.1 Å². The number of aromatic carboxylic acids is 1. The number of hydrogen-bond acceptors (Lipinski definition) is 4. The lowest BCUT2D eigenvalue weighted by atomic mass is 9.95. The topological polar surface area (TPSA) is 105 Å². The number of benzene rings is 2. The number of rotatable bonds is 5. The molecule has 0 spiro atoms. The number of amides is 2. The number of allylic oxidation sites excluding steroid dienone is 1. The summed E-state index contributed by atoms with van der Waals surface area (Å²) in [6.07, 6.45) is 0. The molecule has 7 heteroatoms. The molecule has 0 aromatic heterocycles. The number of carboxylic acid groups (broad SMARTS) is 1. The van der Waals surface area contributed by atoms with Crippen molar-refractivity contribution in [3.05, 3.63) is 82.6 Å². The highest BCUT2D eigenvalue weighted by atomic mass is 16.5. The maximum absolute atomic E-state index is 12.7. The van der Waals surface area contributed by atoms with E-state index in [2.05, 4.69) is 10.6 Å². The number of carboxylic acids is 1. The Morgan fingerprint density at radius 1 is 1.07 bits per heavy atom. The second-order valence-corrected chi connectivity index (χ2v) is 6.06. The van der Waals surface area contributed by atoms with Gasteiger partial charge in [0.05, 0.1) is 17.2 Å². The van der Waals surface area contributed by atoms with Crippen LogP contribution in [-0.2, 0) is 16.1 Å². The van der Waals surface area contributed by atoms with Crippen LogP contribution < -0.4 is 10.6 Å². The maximum atomic E-state index is 12.7. The van der Waals surface area contributed by atoms with Crippen molar-refractivity contribution in [1.29, 1.82) is 0 Å². The Balaban J connectivity index is 1.85. The first kappa shape index (κ1) is 18.2. The molecule has 2 amide bonds. The van der Waals surface area contributed by atoms with Gasteiger partial charge in [-0.3, -0.25) is 0 Å². The fourth-order valence-corrected chi connectivity index (χ4v) is 2.83. The van der Waals surface area contributed by atoms with Crippen LogP contribution in [0.1, 0.15) is 34.5 Å². The van der Waals surface area contributed by atoms with Crippen LogP contribution in [0, 0.1) is 0 Å². The summed E-state index contributed by atoms with van der Waals surface area (Å²) >= 11 is 0. The summed E-state index contributed by atoms with van der Waals surface area (Å²) in [6, 6.07) is 14.1. The summed E-state index contributed by atoms with van der Waals surface area (Å²) in [7, 11) is 0. The molecular formula is C20H18N2O5. The van der Waals surface area contributed by atoms with Gasteiger partial charge < -0.3 is 20.5 Å². The molecule has 1 heterocycles. The minimum Gasteiger partial charge on any atom is -0.478 e.